The lowest BCUT2D eigenvalue weighted by molar-refractivity contribution is -0.152. The Morgan fingerprint density at radius 3 is 2.39 bits per heavy atom. The van der Waals surface area contributed by atoms with Crippen LogP contribution in [-0.2, 0) is 33.6 Å². The first kappa shape index (κ1) is 26.2. The molecule has 0 aliphatic heterocycles. The summed E-state index contributed by atoms with van der Waals surface area (Å²) in [5.41, 5.74) is 4.74. The minimum atomic E-state index is -4.84. The number of likely N-dealkylation sites (N-methyl/N-ethyl adjacent to an activating group) is 1. The van der Waals surface area contributed by atoms with Gasteiger partial charge in [-0.15, -0.1) is 0 Å². The standard InChI is InChI=1S/C24H21F3N6O5/c1-31(19-20(28)33(23(37)30-21(19)36)11-14-7-3-2-4-8-14)17(34)13-38-18(35)12-32-16-10-6-5-9-15(16)29-22(32)24(25,26)27/h2-10H,11-13,28H2,1H3,(H,30,36,37). The van der Waals surface area contributed by atoms with E-state index >= 15 is 0 Å². The van der Waals surface area contributed by atoms with Crippen molar-refractivity contribution in [2.45, 2.75) is 19.3 Å². The number of carbonyl (C=O) groups excluding carboxylic acids is 2. The number of H-pyrrole nitrogens is 1. The highest BCUT2D eigenvalue weighted by atomic mass is 19.4. The second kappa shape index (κ2) is 10.2. The van der Waals surface area contributed by atoms with Crippen LogP contribution >= 0.6 is 0 Å². The molecule has 0 bridgehead atoms. The summed E-state index contributed by atoms with van der Waals surface area (Å²) in [6.07, 6.45) is -4.84. The maximum Gasteiger partial charge on any atom is 0.449 e. The van der Waals surface area contributed by atoms with Gasteiger partial charge in [-0.1, -0.05) is 42.5 Å². The number of para-hydroxylation sites is 2. The largest absolute Gasteiger partial charge is 0.454 e. The summed E-state index contributed by atoms with van der Waals surface area (Å²) >= 11 is 0. The van der Waals surface area contributed by atoms with Crippen molar-refractivity contribution in [1.82, 2.24) is 19.1 Å². The minimum absolute atomic E-state index is 0.00665. The van der Waals surface area contributed by atoms with E-state index in [1.807, 2.05) is 0 Å². The molecule has 2 heterocycles. The SMILES string of the molecule is CN(C(=O)COC(=O)Cn1c(C(F)(F)F)nc2ccccc21)c1c(N)n(Cc2ccccc2)c(=O)[nH]c1=O. The molecule has 198 valence electrons. The van der Waals surface area contributed by atoms with E-state index in [4.69, 9.17) is 10.5 Å². The van der Waals surface area contributed by atoms with E-state index in [0.29, 0.717) is 10.1 Å². The third-order valence-electron chi connectivity index (χ3n) is 5.66. The van der Waals surface area contributed by atoms with E-state index in [9.17, 15) is 32.3 Å². The maximum atomic E-state index is 13.5. The van der Waals surface area contributed by atoms with Gasteiger partial charge in [0.1, 0.15) is 12.4 Å². The van der Waals surface area contributed by atoms with E-state index in [1.54, 1.807) is 30.3 Å². The van der Waals surface area contributed by atoms with E-state index in [-0.39, 0.29) is 29.1 Å². The molecule has 0 unspecified atom stereocenters. The highest BCUT2D eigenvalue weighted by Gasteiger charge is 2.38. The van der Waals surface area contributed by atoms with Gasteiger partial charge in [0.2, 0.25) is 5.82 Å². The number of nitrogens with zero attached hydrogens (tertiary/aromatic N) is 4. The molecule has 0 fully saturated rings. The molecule has 0 aliphatic rings. The van der Waals surface area contributed by atoms with Gasteiger partial charge in [-0.2, -0.15) is 13.2 Å². The fraction of sp³-hybridized carbons (Fsp3) is 0.208. The van der Waals surface area contributed by atoms with Crippen molar-refractivity contribution in [3.8, 4) is 0 Å². The van der Waals surface area contributed by atoms with E-state index in [0.717, 1.165) is 9.47 Å². The second-order valence-corrected chi connectivity index (χ2v) is 8.19. The van der Waals surface area contributed by atoms with Gasteiger partial charge < -0.3 is 19.9 Å². The first-order chi connectivity index (χ1) is 18.0. The van der Waals surface area contributed by atoms with Gasteiger partial charge in [0, 0.05) is 7.05 Å². The van der Waals surface area contributed by atoms with Crippen molar-refractivity contribution in [1.29, 1.82) is 0 Å². The predicted octanol–water partition coefficient (Wildman–Crippen LogP) is 1.74. The number of aromatic nitrogens is 4. The Labute approximate surface area is 211 Å². The smallest absolute Gasteiger partial charge is 0.449 e. The zero-order chi connectivity index (χ0) is 27.6. The molecular formula is C24H21F3N6O5. The number of aromatic amines is 1. The topological polar surface area (TPSA) is 145 Å². The van der Waals surface area contributed by atoms with Crippen LogP contribution in [0, 0.1) is 0 Å². The van der Waals surface area contributed by atoms with Crippen LogP contribution in [0.1, 0.15) is 11.4 Å². The van der Waals surface area contributed by atoms with Crippen LogP contribution in [-0.4, -0.2) is 44.6 Å². The fourth-order valence-corrected chi connectivity index (χ4v) is 3.81. The molecule has 0 aliphatic carbocycles. The van der Waals surface area contributed by atoms with Crippen molar-refractivity contribution in [3.63, 3.8) is 0 Å². The number of amides is 1. The van der Waals surface area contributed by atoms with Gasteiger partial charge in [0.15, 0.2) is 12.3 Å². The predicted molar refractivity (Wildman–Crippen MR) is 130 cm³/mol. The molecule has 4 aromatic rings. The summed E-state index contributed by atoms with van der Waals surface area (Å²) < 4.78 is 47.0. The highest BCUT2D eigenvalue weighted by Crippen LogP contribution is 2.31. The Kier molecular flexibility index (Phi) is 7.06. The summed E-state index contributed by atoms with van der Waals surface area (Å²) in [5, 5.41) is 0. The monoisotopic (exact) mass is 530 g/mol. The maximum absolute atomic E-state index is 13.5. The number of nitrogens with two attached hydrogens (primary N) is 1. The van der Waals surface area contributed by atoms with E-state index in [2.05, 4.69) is 9.97 Å². The molecule has 4 rings (SSSR count). The number of fused-ring (bicyclic) bond motifs is 1. The number of hydrogen-bond acceptors (Lipinski definition) is 7. The molecule has 38 heavy (non-hydrogen) atoms. The summed E-state index contributed by atoms with van der Waals surface area (Å²) in [6.45, 7) is -1.76. The number of anilines is 2. The molecular weight excluding hydrogens is 509 g/mol. The molecule has 14 heteroatoms. The third kappa shape index (κ3) is 5.28. The van der Waals surface area contributed by atoms with Gasteiger partial charge in [-0.25, -0.2) is 9.78 Å². The third-order valence-corrected chi connectivity index (χ3v) is 5.66. The number of rotatable bonds is 7. The zero-order valence-electron chi connectivity index (χ0n) is 19.9. The molecule has 1 amide bonds. The number of imidazole rings is 1. The minimum Gasteiger partial charge on any atom is -0.454 e. The van der Waals surface area contributed by atoms with E-state index < -0.39 is 48.3 Å². The molecule has 2 aromatic heterocycles. The van der Waals surface area contributed by atoms with Crippen molar-refractivity contribution >= 4 is 34.4 Å². The Balaban J connectivity index is 1.51. The van der Waals surface area contributed by atoms with Gasteiger partial charge >= 0.3 is 17.8 Å². The van der Waals surface area contributed by atoms with Gasteiger partial charge in [0.25, 0.3) is 11.5 Å². The number of benzene rings is 2. The number of carbonyl (C=O) groups is 2. The molecule has 0 radical (unpaired) electrons. The molecule has 3 N–H and O–H groups in total. The number of esters is 1. The molecule has 0 spiro atoms. The summed E-state index contributed by atoms with van der Waals surface area (Å²) in [7, 11) is 1.18. The normalized spacial score (nSPS) is 11.5. The summed E-state index contributed by atoms with van der Waals surface area (Å²) in [5.74, 6) is -3.65. The molecule has 0 saturated carbocycles. The Bertz CT molecular complexity index is 1620. The fourth-order valence-electron chi connectivity index (χ4n) is 3.81. The lowest BCUT2D eigenvalue weighted by Crippen LogP contribution is -2.41. The highest BCUT2D eigenvalue weighted by molar-refractivity contribution is 5.96. The number of alkyl halides is 3. The van der Waals surface area contributed by atoms with Crippen LogP contribution < -0.4 is 21.9 Å². The number of halogens is 3. The van der Waals surface area contributed by atoms with Crippen LogP contribution in [0.5, 0.6) is 0 Å². The van der Waals surface area contributed by atoms with Crippen LogP contribution in [0.15, 0.2) is 64.2 Å². The first-order valence-electron chi connectivity index (χ1n) is 11.1. The van der Waals surface area contributed by atoms with E-state index in [1.165, 1.54) is 31.3 Å². The van der Waals surface area contributed by atoms with Crippen LogP contribution in [0.3, 0.4) is 0 Å². The Morgan fingerprint density at radius 1 is 1.05 bits per heavy atom. The van der Waals surface area contributed by atoms with Crippen molar-refractivity contribution < 1.29 is 27.5 Å². The number of ether oxygens (including phenoxy) is 1. The second-order valence-electron chi connectivity index (χ2n) is 8.19. The van der Waals surface area contributed by atoms with Crippen molar-refractivity contribution in [2.24, 2.45) is 0 Å². The van der Waals surface area contributed by atoms with Gasteiger partial charge in [0.05, 0.1) is 17.6 Å². The Morgan fingerprint density at radius 2 is 1.71 bits per heavy atom. The zero-order valence-corrected chi connectivity index (χ0v) is 19.9. The number of nitrogens with one attached hydrogen (secondary N) is 1. The van der Waals surface area contributed by atoms with Gasteiger partial charge in [-0.3, -0.25) is 23.9 Å². The average Bonchev–Trinajstić information content (AvgIpc) is 3.24. The van der Waals surface area contributed by atoms with Gasteiger partial charge in [-0.05, 0) is 17.7 Å². The van der Waals surface area contributed by atoms with Crippen LogP contribution in [0.2, 0.25) is 0 Å². The van der Waals surface area contributed by atoms with Crippen molar-refractivity contribution in [3.05, 3.63) is 86.8 Å². The molecule has 0 atom stereocenters. The first-order valence-corrected chi connectivity index (χ1v) is 11.1. The van der Waals surface area contributed by atoms with Crippen LogP contribution in [0.4, 0.5) is 24.7 Å². The molecule has 0 saturated heterocycles. The van der Waals surface area contributed by atoms with Crippen molar-refractivity contribution in [2.75, 3.05) is 24.3 Å². The lowest BCUT2D eigenvalue weighted by Gasteiger charge is -2.20. The molecule has 2 aromatic carbocycles. The Hall–Kier alpha value is -4.88. The quantitative estimate of drug-likeness (QED) is 0.346. The number of nitrogen functional groups attached to an aromatic ring is 1. The van der Waals surface area contributed by atoms with Crippen LogP contribution in [0.25, 0.3) is 11.0 Å². The lowest BCUT2D eigenvalue weighted by atomic mass is 10.2. The number of hydrogen-bond donors (Lipinski definition) is 2. The average molecular weight is 530 g/mol. The summed E-state index contributed by atoms with van der Waals surface area (Å²) in [4.78, 5) is 56.3. The molecule has 11 nitrogen and oxygen atoms in total. The summed E-state index contributed by atoms with van der Waals surface area (Å²) in [6, 6.07) is 14.5.